The fraction of sp³-hybridized carbons (Fsp3) is 0.0323. The molecule has 0 bridgehead atoms. The quantitative estimate of drug-likeness (QED) is 0.165. The zero-order valence-corrected chi connectivity index (χ0v) is 34.8. The number of hydrogen-bond acceptors (Lipinski definition) is 0. The van der Waals surface area contributed by atoms with Crippen LogP contribution in [0, 0.1) is 0 Å². The van der Waals surface area contributed by atoms with Gasteiger partial charge in [-0.05, 0) is 115 Å². The van der Waals surface area contributed by atoms with E-state index in [1.165, 1.54) is 110 Å². The topological polar surface area (TPSA) is 9.86 Å². The van der Waals surface area contributed by atoms with Gasteiger partial charge in [0.1, 0.15) is 0 Å². The van der Waals surface area contributed by atoms with Gasteiger partial charge in [0.15, 0.2) is 0 Å². The van der Waals surface area contributed by atoms with Gasteiger partial charge < -0.3 is 9.13 Å². The summed E-state index contributed by atoms with van der Waals surface area (Å²) in [7, 11) is 0. The molecule has 2 nitrogen and oxygen atoms in total. The number of hydrogen-bond donors (Lipinski definition) is 0. The molecule has 0 N–H and O–H groups in total. The van der Waals surface area contributed by atoms with Gasteiger partial charge in [-0.2, -0.15) is 0 Å². The summed E-state index contributed by atoms with van der Waals surface area (Å²) in [6, 6.07) is 87.4. The van der Waals surface area contributed by atoms with Gasteiger partial charge >= 0.3 is 0 Å². The third-order valence-corrected chi connectivity index (χ3v) is 15.2. The van der Waals surface area contributed by atoms with Gasteiger partial charge in [-0.15, -0.1) is 0 Å². The Labute approximate surface area is 370 Å². The second kappa shape index (κ2) is 12.2. The molecule has 10 aromatic carbocycles. The van der Waals surface area contributed by atoms with Crippen LogP contribution in [0.1, 0.15) is 44.5 Å². The van der Waals surface area contributed by atoms with Crippen molar-refractivity contribution in [2.75, 3.05) is 0 Å². The molecule has 3 aliphatic rings. The molecule has 0 atom stereocenters. The molecular formula is C62H38N2. The van der Waals surface area contributed by atoms with Crippen LogP contribution in [0.3, 0.4) is 0 Å². The Morgan fingerprint density at radius 2 is 0.484 bits per heavy atom. The second-order valence-electron chi connectivity index (χ2n) is 17.9. The third kappa shape index (κ3) is 3.99. The van der Waals surface area contributed by atoms with Crippen molar-refractivity contribution in [1.82, 2.24) is 9.13 Å². The van der Waals surface area contributed by atoms with Crippen LogP contribution in [-0.4, -0.2) is 9.13 Å². The first kappa shape index (κ1) is 34.4. The van der Waals surface area contributed by atoms with E-state index < -0.39 is 10.8 Å². The lowest BCUT2D eigenvalue weighted by Crippen LogP contribution is -2.44. The molecule has 0 saturated carbocycles. The van der Waals surface area contributed by atoms with Crippen molar-refractivity contribution in [2.24, 2.45) is 0 Å². The van der Waals surface area contributed by atoms with E-state index in [2.05, 4.69) is 240 Å². The lowest BCUT2D eigenvalue weighted by molar-refractivity contribution is 0.631. The summed E-state index contributed by atoms with van der Waals surface area (Å²) in [4.78, 5) is 0. The van der Waals surface area contributed by atoms with Gasteiger partial charge in [0, 0.05) is 32.9 Å². The molecule has 0 unspecified atom stereocenters. The Bertz CT molecular complexity index is 3530. The summed E-state index contributed by atoms with van der Waals surface area (Å²) < 4.78 is 4.99. The maximum Gasteiger partial charge on any atom is 0.0720 e. The molecule has 64 heavy (non-hydrogen) atoms. The van der Waals surface area contributed by atoms with Crippen LogP contribution in [-0.2, 0) is 10.8 Å². The Kier molecular flexibility index (Phi) is 6.58. The Balaban J connectivity index is 1.15. The highest BCUT2D eigenvalue weighted by atomic mass is 15.0. The molecule has 0 aliphatic heterocycles. The van der Waals surface area contributed by atoms with E-state index in [-0.39, 0.29) is 0 Å². The largest absolute Gasteiger partial charge is 0.309 e. The standard InChI is InChI=1S/C62H38N2/c1-9-25-49-41(17-1)42-18-2-10-26-50(42)61(49)53-35-33-40(64-59-31-15-7-23-47(59)48-24-8-16-32-60(48)64)38-56(53)62(51-27-11-3-19-43(51)44-20-4-12-28-52(44)62)54-36-34-39(37-55(54)61)63-57-29-13-5-21-45(57)46-22-6-14-30-58(46)63/h1-38H. The molecule has 12 aromatic rings. The number of rotatable bonds is 2. The first-order chi connectivity index (χ1) is 31.8. The Morgan fingerprint density at radius 1 is 0.219 bits per heavy atom. The van der Waals surface area contributed by atoms with Crippen molar-refractivity contribution in [2.45, 2.75) is 10.8 Å². The normalized spacial score (nSPS) is 14.5. The Hall–Kier alpha value is -8.20. The van der Waals surface area contributed by atoms with Crippen LogP contribution in [0.15, 0.2) is 231 Å². The van der Waals surface area contributed by atoms with Crippen LogP contribution >= 0.6 is 0 Å². The lowest BCUT2D eigenvalue weighted by atomic mass is 9.52. The maximum absolute atomic E-state index is 2.57. The molecule has 0 saturated heterocycles. The summed E-state index contributed by atoms with van der Waals surface area (Å²) in [6.07, 6.45) is 0. The van der Waals surface area contributed by atoms with Crippen molar-refractivity contribution >= 4 is 43.6 Å². The zero-order valence-electron chi connectivity index (χ0n) is 34.8. The maximum atomic E-state index is 2.57. The average molecular weight is 811 g/mol. The number of benzene rings is 10. The highest BCUT2D eigenvalue weighted by Gasteiger charge is 2.59. The summed E-state index contributed by atoms with van der Waals surface area (Å²) >= 11 is 0. The first-order valence-corrected chi connectivity index (χ1v) is 22.4. The average Bonchev–Trinajstić information content (AvgIpc) is 4.07. The van der Waals surface area contributed by atoms with Crippen LogP contribution in [0.5, 0.6) is 0 Å². The summed E-state index contributed by atoms with van der Waals surface area (Å²) in [5.41, 5.74) is 21.8. The Morgan fingerprint density at radius 3 is 0.797 bits per heavy atom. The number of para-hydroxylation sites is 4. The number of nitrogens with zero attached hydrogens (tertiary/aromatic N) is 2. The second-order valence-corrected chi connectivity index (χ2v) is 17.9. The predicted octanol–water partition coefficient (Wildman–Crippen LogP) is 14.9. The molecule has 296 valence electrons. The summed E-state index contributed by atoms with van der Waals surface area (Å²) in [5, 5.41) is 5.06. The van der Waals surface area contributed by atoms with Crippen LogP contribution in [0.4, 0.5) is 0 Å². The van der Waals surface area contributed by atoms with Crippen LogP contribution in [0.25, 0.3) is 77.2 Å². The fourth-order valence-corrected chi connectivity index (χ4v) is 12.9. The van der Waals surface area contributed by atoms with Crippen molar-refractivity contribution in [1.29, 1.82) is 0 Å². The highest BCUT2D eigenvalue weighted by Crippen LogP contribution is 2.68. The van der Waals surface area contributed by atoms with Gasteiger partial charge in [-0.25, -0.2) is 0 Å². The molecule has 2 spiro atoms. The minimum atomic E-state index is -0.621. The van der Waals surface area contributed by atoms with E-state index in [9.17, 15) is 0 Å². The van der Waals surface area contributed by atoms with Crippen molar-refractivity contribution in [3.63, 3.8) is 0 Å². The van der Waals surface area contributed by atoms with Gasteiger partial charge in [0.2, 0.25) is 0 Å². The van der Waals surface area contributed by atoms with Crippen molar-refractivity contribution in [3.8, 4) is 33.6 Å². The van der Waals surface area contributed by atoms with Crippen molar-refractivity contribution in [3.05, 3.63) is 275 Å². The highest BCUT2D eigenvalue weighted by molar-refractivity contribution is 6.10. The van der Waals surface area contributed by atoms with E-state index in [4.69, 9.17) is 0 Å². The van der Waals surface area contributed by atoms with Gasteiger partial charge in [0.05, 0.1) is 32.9 Å². The summed E-state index contributed by atoms with van der Waals surface area (Å²) in [6.45, 7) is 0. The SMILES string of the molecule is c1ccc2c(c1)-c1ccccc1C21c2ccc(-n3c4ccccc4c4ccccc43)cc2C2(c3ccccc3-c3ccccc32)c2ccc(-n3c4ccccc4c4ccccc43)cc21. The van der Waals surface area contributed by atoms with Crippen LogP contribution in [0.2, 0.25) is 0 Å². The molecule has 0 fully saturated rings. The molecule has 2 heterocycles. The van der Waals surface area contributed by atoms with Gasteiger partial charge in [0.25, 0.3) is 0 Å². The van der Waals surface area contributed by atoms with Crippen LogP contribution < -0.4 is 0 Å². The number of fused-ring (bicyclic) bond motifs is 22. The van der Waals surface area contributed by atoms with E-state index >= 15 is 0 Å². The van der Waals surface area contributed by atoms with E-state index in [1.807, 2.05) is 0 Å². The minimum absolute atomic E-state index is 0.621. The molecule has 2 aromatic heterocycles. The molecule has 15 rings (SSSR count). The van der Waals surface area contributed by atoms with E-state index in [1.54, 1.807) is 0 Å². The molecular weight excluding hydrogens is 773 g/mol. The monoisotopic (exact) mass is 810 g/mol. The number of aromatic nitrogens is 2. The molecule has 0 radical (unpaired) electrons. The third-order valence-electron chi connectivity index (χ3n) is 15.2. The van der Waals surface area contributed by atoms with Gasteiger partial charge in [-0.3, -0.25) is 0 Å². The lowest BCUT2D eigenvalue weighted by Gasteiger charge is -2.49. The molecule has 0 amide bonds. The predicted molar refractivity (Wildman–Crippen MR) is 263 cm³/mol. The van der Waals surface area contributed by atoms with E-state index in [0.717, 1.165) is 11.4 Å². The van der Waals surface area contributed by atoms with Crippen molar-refractivity contribution < 1.29 is 0 Å². The smallest absolute Gasteiger partial charge is 0.0720 e. The molecule has 2 heteroatoms. The summed E-state index contributed by atoms with van der Waals surface area (Å²) in [5.74, 6) is 0. The zero-order chi connectivity index (χ0) is 41.7. The molecule has 3 aliphatic carbocycles. The fourth-order valence-electron chi connectivity index (χ4n) is 12.9. The van der Waals surface area contributed by atoms with E-state index in [0.29, 0.717) is 0 Å². The minimum Gasteiger partial charge on any atom is -0.309 e. The first-order valence-electron chi connectivity index (χ1n) is 22.4. The van der Waals surface area contributed by atoms with Gasteiger partial charge in [-0.1, -0.05) is 182 Å².